The van der Waals surface area contributed by atoms with Crippen molar-refractivity contribution in [3.05, 3.63) is 35.6 Å². The van der Waals surface area contributed by atoms with E-state index in [1.165, 1.54) is 17.0 Å². The summed E-state index contributed by atoms with van der Waals surface area (Å²) < 4.78 is 35.6. The maximum atomic E-state index is 12.9. The van der Waals surface area contributed by atoms with Crippen molar-refractivity contribution in [1.29, 1.82) is 0 Å². The fraction of sp³-hybridized carbons (Fsp3) is 0.533. The first kappa shape index (κ1) is 18.4. The largest absolute Gasteiger partial charge is 0.331 e. The fourth-order valence-corrected chi connectivity index (χ4v) is 3.34. The van der Waals surface area contributed by atoms with Gasteiger partial charge in [0.2, 0.25) is 0 Å². The molecule has 124 valence electrons. The van der Waals surface area contributed by atoms with Crippen molar-refractivity contribution >= 4 is 15.9 Å². The maximum Gasteiger partial charge on any atom is 0.318 e. The number of carbonyl (C=O) groups excluding carboxylic acids is 1. The Kier molecular flexibility index (Phi) is 6.34. The predicted octanol–water partition coefficient (Wildman–Crippen LogP) is 2.35. The SMILES string of the molecule is CCN(C(=O)N[C@H](C)c1ccc(F)cc1)[C@H](C)CS(C)(=O)=O. The minimum Gasteiger partial charge on any atom is -0.331 e. The zero-order valence-corrected chi connectivity index (χ0v) is 14.2. The number of benzene rings is 1. The van der Waals surface area contributed by atoms with Crippen molar-refractivity contribution in [1.82, 2.24) is 10.2 Å². The summed E-state index contributed by atoms with van der Waals surface area (Å²) in [6, 6.07) is 4.83. The van der Waals surface area contributed by atoms with Crippen LogP contribution in [-0.4, -0.2) is 43.9 Å². The average Bonchev–Trinajstić information content (AvgIpc) is 2.37. The number of amides is 2. The van der Waals surface area contributed by atoms with E-state index in [2.05, 4.69) is 5.32 Å². The van der Waals surface area contributed by atoms with Crippen LogP contribution >= 0.6 is 0 Å². The van der Waals surface area contributed by atoms with E-state index in [1.54, 1.807) is 32.9 Å². The molecule has 5 nitrogen and oxygen atoms in total. The summed E-state index contributed by atoms with van der Waals surface area (Å²) in [6.45, 7) is 5.69. The van der Waals surface area contributed by atoms with Crippen LogP contribution in [0.25, 0.3) is 0 Å². The molecule has 2 atom stereocenters. The van der Waals surface area contributed by atoms with Crippen molar-refractivity contribution in [2.45, 2.75) is 32.9 Å². The molecule has 0 saturated heterocycles. The molecule has 0 radical (unpaired) electrons. The number of hydrogen-bond donors (Lipinski definition) is 1. The normalized spacial score (nSPS) is 14.2. The second-order valence-corrected chi connectivity index (χ2v) is 7.64. The van der Waals surface area contributed by atoms with Crippen LogP contribution < -0.4 is 5.32 Å². The minimum absolute atomic E-state index is 0.0841. The van der Waals surface area contributed by atoms with E-state index in [-0.39, 0.29) is 23.6 Å². The number of carbonyl (C=O) groups is 1. The lowest BCUT2D eigenvalue weighted by atomic mass is 10.1. The van der Waals surface area contributed by atoms with Gasteiger partial charge in [0, 0.05) is 18.8 Å². The summed E-state index contributed by atoms with van der Waals surface area (Å²) in [6.07, 6.45) is 1.15. The van der Waals surface area contributed by atoms with Crippen LogP contribution in [0.2, 0.25) is 0 Å². The number of halogens is 1. The number of sulfone groups is 1. The van der Waals surface area contributed by atoms with Crippen LogP contribution in [0.4, 0.5) is 9.18 Å². The maximum absolute atomic E-state index is 12.9. The smallest absolute Gasteiger partial charge is 0.318 e. The lowest BCUT2D eigenvalue weighted by Gasteiger charge is -2.29. The molecule has 1 aromatic carbocycles. The molecule has 0 saturated carbocycles. The first-order valence-corrected chi connectivity index (χ1v) is 9.20. The minimum atomic E-state index is -3.16. The van der Waals surface area contributed by atoms with Gasteiger partial charge in [0.05, 0.1) is 11.8 Å². The molecule has 0 bridgehead atoms. The first-order valence-electron chi connectivity index (χ1n) is 7.14. The van der Waals surface area contributed by atoms with Crippen LogP contribution in [0.15, 0.2) is 24.3 Å². The van der Waals surface area contributed by atoms with Crippen molar-refractivity contribution in [2.75, 3.05) is 18.6 Å². The molecule has 0 fully saturated rings. The van der Waals surface area contributed by atoms with Gasteiger partial charge in [-0.15, -0.1) is 0 Å². The standard InChI is InChI=1S/C15H23FN2O3S/c1-5-18(11(2)10-22(4,20)21)15(19)17-12(3)13-6-8-14(16)9-7-13/h6-9,11-12H,5,10H2,1-4H3,(H,17,19)/t11-,12-/m1/s1. The highest BCUT2D eigenvalue weighted by Crippen LogP contribution is 2.14. The van der Waals surface area contributed by atoms with E-state index in [4.69, 9.17) is 0 Å². The lowest BCUT2D eigenvalue weighted by Crippen LogP contribution is -2.47. The van der Waals surface area contributed by atoms with Gasteiger partial charge in [0.15, 0.2) is 0 Å². The van der Waals surface area contributed by atoms with Gasteiger partial charge in [0.1, 0.15) is 15.7 Å². The van der Waals surface area contributed by atoms with Gasteiger partial charge in [-0.05, 0) is 38.5 Å². The van der Waals surface area contributed by atoms with Gasteiger partial charge in [-0.3, -0.25) is 0 Å². The summed E-state index contributed by atoms with van der Waals surface area (Å²) in [5, 5.41) is 2.80. The molecule has 0 unspecified atom stereocenters. The molecule has 0 aromatic heterocycles. The van der Waals surface area contributed by atoms with Gasteiger partial charge in [-0.25, -0.2) is 17.6 Å². The Morgan fingerprint density at radius 1 is 1.27 bits per heavy atom. The molecule has 2 amide bonds. The molecule has 0 spiro atoms. The van der Waals surface area contributed by atoms with E-state index in [1.807, 2.05) is 0 Å². The summed E-state index contributed by atoms with van der Waals surface area (Å²) in [5.41, 5.74) is 0.779. The predicted molar refractivity (Wildman–Crippen MR) is 84.9 cm³/mol. The van der Waals surface area contributed by atoms with E-state index in [9.17, 15) is 17.6 Å². The highest BCUT2D eigenvalue weighted by Gasteiger charge is 2.23. The van der Waals surface area contributed by atoms with Crippen molar-refractivity contribution in [3.8, 4) is 0 Å². The van der Waals surface area contributed by atoms with Crippen LogP contribution in [0.1, 0.15) is 32.4 Å². The second-order valence-electron chi connectivity index (χ2n) is 5.45. The zero-order chi connectivity index (χ0) is 16.9. The molecule has 0 aliphatic rings. The number of nitrogens with zero attached hydrogens (tertiary/aromatic N) is 1. The van der Waals surface area contributed by atoms with Crippen LogP contribution in [0, 0.1) is 5.82 Å². The fourth-order valence-electron chi connectivity index (χ4n) is 2.29. The van der Waals surface area contributed by atoms with Gasteiger partial charge < -0.3 is 10.2 Å². The van der Waals surface area contributed by atoms with Gasteiger partial charge in [-0.1, -0.05) is 12.1 Å². The van der Waals surface area contributed by atoms with Crippen molar-refractivity contribution in [3.63, 3.8) is 0 Å². The summed E-state index contributed by atoms with van der Waals surface area (Å²) in [4.78, 5) is 13.8. The highest BCUT2D eigenvalue weighted by atomic mass is 32.2. The molecule has 7 heteroatoms. The van der Waals surface area contributed by atoms with Crippen molar-refractivity contribution < 1.29 is 17.6 Å². The van der Waals surface area contributed by atoms with E-state index in [0.717, 1.165) is 11.8 Å². The van der Waals surface area contributed by atoms with Crippen LogP contribution in [-0.2, 0) is 9.84 Å². The van der Waals surface area contributed by atoms with Gasteiger partial charge >= 0.3 is 6.03 Å². The lowest BCUT2D eigenvalue weighted by molar-refractivity contribution is 0.184. The summed E-state index contributed by atoms with van der Waals surface area (Å²) in [7, 11) is -3.16. The third-order valence-corrected chi connectivity index (χ3v) is 4.48. The number of rotatable bonds is 6. The van der Waals surface area contributed by atoms with E-state index >= 15 is 0 Å². The average molecular weight is 330 g/mol. The molecule has 1 aromatic rings. The molecule has 22 heavy (non-hydrogen) atoms. The Bertz CT molecular complexity index is 602. The Morgan fingerprint density at radius 3 is 2.27 bits per heavy atom. The van der Waals surface area contributed by atoms with Gasteiger partial charge in [0.25, 0.3) is 0 Å². The first-order chi connectivity index (χ1) is 10.1. The third kappa shape index (κ3) is 5.63. The van der Waals surface area contributed by atoms with Gasteiger partial charge in [-0.2, -0.15) is 0 Å². The topological polar surface area (TPSA) is 66.5 Å². The number of urea groups is 1. The molecular formula is C15H23FN2O3S. The molecular weight excluding hydrogens is 307 g/mol. The monoisotopic (exact) mass is 330 g/mol. The van der Waals surface area contributed by atoms with E-state index < -0.39 is 15.9 Å². The molecule has 0 aliphatic carbocycles. The molecule has 0 aliphatic heterocycles. The number of hydrogen-bond acceptors (Lipinski definition) is 3. The highest BCUT2D eigenvalue weighted by molar-refractivity contribution is 7.90. The summed E-state index contributed by atoms with van der Waals surface area (Å²) in [5.74, 6) is -0.418. The molecule has 1 rings (SSSR count). The Hall–Kier alpha value is -1.63. The Morgan fingerprint density at radius 2 is 1.82 bits per heavy atom. The number of nitrogens with one attached hydrogen (secondary N) is 1. The molecule has 0 heterocycles. The third-order valence-electron chi connectivity index (χ3n) is 3.39. The van der Waals surface area contributed by atoms with E-state index in [0.29, 0.717) is 6.54 Å². The second kappa shape index (κ2) is 7.58. The zero-order valence-electron chi connectivity index (χ0n) is 13.3. The Labute approximate surface area is 131 Å². The van der Waals surface area contributed by atoms with Crippen molar-refractivity contribution in [2.24, 2.45) is 0 Å². The summed E-state index contributed by atoms with van der Waals surface area (Å²) >= 11 is 0. The Balaban J connectivity index is 2.74. The van der Waals surface area contributed by atoms with Crippen LogP contribution in [0.5, 0.6) is 0 Å². The quantitative estimate of drug-likeness (QED) is 0.871. The molecule has 1 N–H and O–H groups in total. The van der Waals surface area contributed by atoms with Crippen LogP contribution in [0.3, 0.4) is 0 Å².